The minimum atomic E-state index is -0.484. The van der Waals surface area contributed by atoms with E-state index in [1.54, 1.807) is 6.92 Å². The van der Waals surface area contributed by atoms with Gasteiger partial charge in [-0.3, -0.25) is 9.69 Å². The molecule has 0 N–H and O–H groups in total. The Morgan fingerprint density at radius 3 is 2.44 bits per heavy atom. The van der Waals surface area contributed by atoms with Gasteiger partial charge in [-0.15, -0.1) is 0 Å². The molecule has 1 fully saturated rings. The van der Waals surface area contributed by atoms with Crippen LogP contribution in [0.3, 0.4) is 0 Å². The first kappa shape index (κ1) is 22.4. The number of hydrogen-bond acceptors (Lipinski definition) is 6. The van der Waals surface area contributed by atoms with Crippen molar-refractivity contribution in [3.05, 3.63) is 99.6 Å². The Bertz CT molecular complexity index is 1220. The van der Waals surface area contributed by atoms with Gasteiger partial charge in [0, 0.05) is 37.0 Å². The highest BCUT2D eigenvalue weighted by Gasteiger charge is 2.55. The lowest BCUT2D eigenvalue weighted by Crippen LogP contribution is -2.42. The summed E-state index contributed by atoms with van der Waals surface area (Å²) < 4.78 is 11.1. The molecule has 0 radical (unpaired) electrons. The number of carbonyl (C=O) groups excluding carboxylic acids is 1. The first-order chi connectivity index (χ1) is 16.5. The van der Waals surface area contributed by atoms with Crippen LogP contribution in [0.5, 0.6) is 0 Å². The van der Waals surface area contributed by atoms with Crippen LogP contribution in [0, 0.1) is 12.8 Å². The smallest absolute Gasteiger partial charge is 0.342 e. The highest BCUT2D eigenvalue weighted by Crippen LogP contribution is 2.53. The molecule has 3 heterocycles. The fourth-order valence-corrected chi connectivity index (χ4v) is 5.88. The van der Waals surface area contributed by atoms with Crippen molar-refractivity contribution in [2.45, 2.75) is 38.4 Å². The molecule has 6 heteroatoms. The number of rotatable bonds is 5. The Labute approximate surface area is 199 Å². The highest BCUT2D eigenvalue weighted by molar-refractivity contribution is 5.78. The molecule has 0 spiro atoms. The second-order valence-corrected chi connectivity index (χ2v) is 9.22. The number of aryl methyl sites for hydroxylation is 1. The Kier molecular flexibility index (Phi) is 6.00. The maximum atomic E-state index is 13.3. The van der Waals surface area contributed by atoms with E-state index in [-0.39, 0.29) is 29.5 Å². The summed E-state index contributed by atoms with van der Waals surface area (Å²) in [6.07, 6.45) is 0. The molecular weight excluding hydrogens is 428 g/mol. The van der Waals surface area contributed by atoms with E-state index in [0.29, 0.717) is 24.5 Å². The third-order valence-electron chi connectivity index (χ3n) is 7.17. The van der Waals surface area contributed by atoms with Crippen molar-refractivity contribution >= 4 is 11.7 Å². The molecule has 176 valence electrons. The van der Waals surface area contributed by atoms with Gasteiger partial charge in [0.2, 0.25) is 0 Å². The van der Waals surface area contributed by atoms with Crippen LogP contribution in [-0.4, -0.2) is 37.1 Å². The molecular formula is C28H30N2O4. The normalized spacial score (nSPS) is 23.9. The van der Waals surface area contributed by atoms with Crippen LogP contribution in [0.2, 0.25) is 0 Å². The summed E-state index contributed by atoms with van der Waals surface area (Å²) >= 11 is 0. The molecule has 2 aliphatic heterocycles. The van der Waals surface area contributed by atoms with Gasteiger partial charge in [0.05, 0.1) is 17.9 Å². The minimum Gasteiger partial charge on any atom is -0.465 e. The lowest BCUT2D eigenvalue weighted by Gasteiger charge is -2.40. The van der Waals surface area contributed by atoms with E-state index in [1.165, 1.54) is 5.56 Å². The lowest BCUT2D eigenvalue weighted by molar-refractivity contribution is -0.148. The predicted octanol–water partition coefficient (Wildman–Crippen LogP) is 4.29. The summed E-state index contributed by atoms with van der Waals surface area (Å²) in [7, 11) is 1.93. The molecule has 0 saturated carbocycles. The molecule has 0 amide bonds. The highest BCUT2D eigenvalue weighted by atomic mass is 16.5. The molecule has 4 atom stereocenters. The number of likely N-dealkylation sites (N-methyl/N-ethyl adjacent to an activating group) is 1. The van der Waals surface area contributed by atoms with Crippen LogP contribution in [0.15, 0.2) is 75.9 Å². The standard InChI is InChI=1S/C28H30N2O4/c1-4-33-28(32)26-23(20-13-9-6-10-14-20)21-17-30(16-19-11-7-5-8-12-19)22-15-18(2)34-27(31)24(22)25(21)29(26)3/h5-15,21,23,25-26H,4,16-17H2,1-3H3/t21-,23-,25+,26+/m0/s1. The zero-order chi connectivity index (χ0) is 23.8. The molecule has 34 heavy (non-hydrogen) atoms. The summed E-state index contributed by atoms with van der Waals surface area (Å²) in [4.78, 5) is 30.8. The van der Waals surface area contributed by atoms with E-state index in [0.717, 1.165) is 17.8 Å². The average molecular weight is 459 g/mol. The number of hydrogen-bond donors (Lipinski definition) is 0. The maximum absolute atomic E-state index is 13.3. The molecule has 0 bridgehead atoms. The van der Waals surface area contributed by atoms with E-state index in [9.17, 15) is 9.59 Å². The molecule has 3 aromatic rings. The van der Waals surface area contributed by atoms with Gasteiger partial charge in [-0.2, -0.15) is 0 Å². The summed E-state index contributed by atoms with van der Waals surface area (Å²) in [6.45, 7) is 5.34. The summed E-state index contributed by atoms with van der Waals surface area (Å²) in [5.74, 6) is 0.245. The zero-order valence-electron chi connectivity index (χ0n) is 19.8. The molecule has 0 unspecified atom stereocenters. The van der Waals surface area contributed by atoms with Gasteiger partial charge >= 0.3 is 11.6 Å². The topological polar surface area (TPSA) is 63.0 Å². The van der Waals surface area contributed by atoms with Gasteiger partial charge in [-0.1, -0.05) is 60.7 Å². The van der Waals surface area contributed by atoms with Gasteiger partial charge in [0.15, 0.2) is 0 Å². The fourth-order valence-electron chi connectivity index (χ4n) is 5.88. The Hall–Kier alpha value is -3.38. The second kappa shape index (κ2) is 9.11. The zero-order valence-corrected chi connectivity index (χ0v) is 19.8. The summed E-state index contributed by atoms with van der Waals surface area (Å²) in [5.41, 5.74) is 3.45. The molecule has 2 aromatic carbocycles. The van der Waals surface area contributed by atoms with Gasteiger partial charge in [-0.05, 0) is 32.0 Å². The molecule has 1 saturated heterocycles. The summed E-state index contributed by atoms with van der Waals surface area (Å²) in [5, 5.41) is 0. The Morgan fingerprint density at radius 2 is 1.76 bits per heavy atom. The minimum absolute atomic E-state index is 0.0172. The van der Waals surface area contributed by atoms with E-state index < -0.39 is 6.04 Å². The number of likely N-dealkylation sites (tertiary alicyclic amines) is 1. The van der Waals surface area contributed by atoms with Crippen LogP contribution >= 0.6 is 0 Å². The van der Waals surface area contributed by atoms with Gasteiger partial charge in [0.25, 0.3) is 0 Å². The fraction of sp³-hybridized carbons (Fsp3) is 0.357. The maximum Gasteiger partial charge on any atom is 0.342 e. The first-order valence-corrected chi connectivity index (χ1v) is 11.9. The van der Waals surface area contributed by atoms with Crippen molar-refractivity contribution in [2.75, 3.05) is 25.1 Å². The van der Waals surface area contributed by atoms with Crippen LogP contribution in [0.25, 0.3) is 0 Å². The van der Waals surface area contributed by atoms with E-state index >= 15 is 0 Å². The van der Waals surface area contributed by atoms with Crippen LogP contribution in [0.1, 0.15) is 41.3 Å². The van der Waals surface area contributed by atoms with E-state index in [4.69, 9.17) is 9.15 Å². The van der Waals surface area contributed by atoms with Gasteiger partial charge in [-0.25, -0.2) is 4.79 Å². The number of carbonyl (C=O) groups is 1. The largest absolute Gasteiger partial charge is 0.465 e. The molecule has 0 aliphatic carbocycles. The first-order valence-electron chi connectivity index (χ1n) is 11.9. The molecule has 1 aromatic heterocycles. The number of esters is 1. The average Bonchev–Trinajstić information content (AvgIpc) is 3.12. The number of nitrogens with zero attached hydrogens (tertiary/aromatic N) is 2. The van der Waals surface area contributed by atoms with E-state index in [1.807, 2.05) is 61.3 Å². The van der Waals surface area contributed by atoms with E-state index in [2.05, 4.69) is 29.2 Å². The number of ether oxygens (including phenoxy) is 1. The third-order valence-corrected chi connectivity index (χ3v) is 7.17. The van der Waals surface area contributed by atoms with Crippen molar-refractivity contribution < 1.29 is 13.9 Å². The quantitative estimate of drug-likeness (QED) is 0.532. The van der Waals surface area contributed by atoms with Crippen molar-refractivity contribution in [1.82, 2.24) is 4.90 Å². The Morgan fingerprint density at radius 1 is 1.09 bits per heavy atom. The monoisotopic (exact) mass is 458 g/mol. The Balaban J connectivity index is 1.66. The van der Waals surface area contributed by atoms with Crippen LogP contribution < -0.4 is 10.5 Å². The number of anilines is 1. The summed E-state index contributed by atoms with van der Waals surface area (Å²) in [6, 6.07) is 21.6. The van der Waals surface area contributed by atoms with Crippen molar-refractivity contribution in [3.8, 4) is 0 Å². The second-order valence-electron chi connectivity index (χ2n) is 9.22. The van der Waals surface area contributed by atoms with Gasteiger partial charge < -0.3 is 14.1 Å². The predicted molar refractivity (Wildman–Crippen MR) is 131 cm³/mol. The SMILES string of the molecule is CCOC(=O)[C@H]1[C@@H](c2ccccc2)[C@@H]2CN(Cc3ccccc3)c3cc(C)oc(=O)c3[C@@H]2N1C. The van der Waals surface area contributed by atoms with Crippen molar-refractivity contribution in [3.63, 3.8) is 0 Å². The van der Waals surface area contributed by atoms with Crippen molar-refractivity contribution in [1.29, 1.82) is 0 Å². The third kappa shape index (κ3) is 3.82. The molecule has 2 aliphatic rings. The van der Waals surface area contributed by atoms with Crippen LogP contribution in [0.4, 0.5) is 5.69 Å². The number of fused-ring (bicyclic) bond motifs is 3. The van der Waals surface area contributed by atoms with Crippen LogP contribution in [-0.2, 0) is 16.1 Å². The number of benzene rings is 2. The van der Waals surface area contributed by atoms with Gasteiger partial charge in [0.1, 0.15) is 11.8 Å². The van der Waals surface area contributed by atoms with Crippen molar-refractivity contribution in [2.24, 2.45) is 5.92 Å². The molecule has 5 rings (SSSR count). The lowest BCUT2D eigenvalue weighted by atomic mass is 9.77. The molecule has 6 nitrogen and oxygen atoms in total.